The molecule has 2 aromatic carbocycles. The molecule has 0 aliphatic heterocycles. The van der Waals surface area contributed by atoms with Crippen molar-refractivity contribution in [3.05, 3.63) is 46.5 Å². The number of ketones is 2. The zero-order valence-electron chi connectivity index (χ0n) is 10.6. The third kappa shape index (κ3) is 1.93. The lowest BCUT2D eigenvalue weighted by molar-refractivity contribution is 0.0969. The summed E-state index contributed by atoms with van der Waals surface area (Å²) in [5.74, 6) is -3.60. The Morgan fingerprint density at radius 2 is 0.714 bits per heavy atom. The molecule has 102 valence electrons. The fraction of sp³-hybridized carbons (Fsp3) is 0. The monoisotopic (exact) mass is 296 g/mol. The predicted octanol–water partition coefficient (Wildman–Crippen LogP) is 0.904. The molecular formula is C14H8MgO6. The Bertz CT molecular complexity index is 667. The van der Waals surface area contributed by atoms with Gasteiger partial charge in [-0.15, -0.1) is 0 Å². The molecule has 2 aromatic rings. The van der Waals surface area contributed by atoms with Crippen LogP contribution in [0.4, 0.5) is 0 Å². The van der Waals surface area contributed by atoms with E-state index in [4.69, 9.17) is 0 Å². The van der Waals surface area contributed by atoms with Gasteiger partial charge < -0.3 is 20.4 Å². The molecule has 1 aliphatic carbocycles. The number of fused-ring (bicyclic) bond motifs is 2. The fourth-order valence-electron chi connectivity index (χ4n) is 2.33. The third-order valence-corrected chi connectivity index (χ3v) is 3.23. The highest BCUT2D eigenvalue weighted by Gasteiger charge is 2.38. The largest absolute Gasteiger partial charge is 0.507 e. The maximum atomic E-state index is 12.3. The van der Waals surface area contributed by atoms with Gasteiger partial charge in [-0.3, -0.25) is 9.59 Å². The maximum absolute atomic E-state index is 12.3. The molecule has 0 atom stereocenters. The van der Waals surface area contributed by atoms with Gasteiger partial charge in [-0.2, -0.15) is 0 Å². The number of rotatable bonds is 0. The summed E-state index contributed by atoms with van der Waals surface area (Å²) in [7, 11) is 0. The van der Waals surface area contributed by atoms with E-state index in [0.717, 1.165) is 24.3 Å². The Balaban J connectivity index is 0.00000161. The first-order valence-corrected chi connectivity index (χ1v) is 5.62. The van der Waals surface area contributed by atoms with Gasteiger partial charge in [-0.25, -0.2) is 0 Å². The van der Waals surface area contributed by atoms with Crippen molar-refractivity contribution in [3.8, 4) is 23.0 Å². The van der Waals surface area contributed by atoms with E-state index >= 15 is 0 Å². The Morgan fingerprint density at radius 3 is 0.905 bits per heavy atom. The number of benzene rings is 2. The molecule has 0 heterocycles. The van der Waals surface area contributed by atoms with Gasteiger partial charge in [0.1, 0.15) is 23.0 Å². The van der Waals surface area contributed by atoms with E-state index in [2.05, 4.69) is 0 Å². The van der Waals surface area contributed by atoms with Crippen molar-refractivity contribution in [1.82, 2.24) is 0 Å². The van der Waals surface area contributed by atoms with Crippen molar-refractivity contribution in [2.24, 2.45) is 0 Å². The van der Waals surface area contributed by atoms with Gasteiger partial charge in [0.05, 0.1) is 22.3 Å². The van der Waals surface area contributed by atoms with E-state index in [9.17, 15) is 30.0 Å². The molecule has 0 saturated carbocycles. The van der Waals surface area contributed by atoms with Crippen molar-refractivity contribution in [3.63, 3.8) is 0 Å². The van der Waals surface area contributed by atoms with E-state index < -0.39 is 34.6 Å². The molecule has 0 fully saturated rings. The summed E-state index contributed by atoms with van der Waals surface area (Å²) in [5, 5.41) is 38.9. The van der Waals surface area contributed by atoms with Crippen LogP contribution in [0.3, 0.4) is 0 Å². The topological polar surface area (TPSA) is 115 Å². The van der Waals surface area contributed by atoms with Crippen LogP contribution in [-0.4, -0.2) is 55.0 Å². The molecule has 2 radical (unpaired) electrons. The standard InChI is InChI=1S/C14H8O6.Mg/c15-5-1-2-6(16)10-9(5)13(19)11-7(17)3-4-8(18)12(11)14(10)20;/h1-4,15-18H;. The third-order valence-electron chi connectivity index (χ3n) is 3.23. The minimum atomic E-state index is -0.837. The second kappa shape index (κ2) is 4.94. The van der Waals surface area contributed by atoms with Crippen LogP contribution >= 0.6 is 0 Å². The van der Waals surface area contributed by atoms with Crippen LogP contribution in [0.2, 0.25) is 0 Å². The summed E-state index contributed by atoms with van der Waals surface area (Å²) >= 11 is 0. The maximum Gasteiger partial charge on any atom is 0.202 e. The Labute approximate surface area is 134 Å². The number of carbonyl (C=O) groups is 2. The summed E-state index contributed by atoms with van der Waals surface area (Å²) < 4.78 is 0. The van der Waals surface area contributed by atoms with Gasteiger partial charge in [-0.05, 0) is 24.3 Å². The van der Waals surface area contributed by atoms with Crippen molar-refractivity contribution in [2.75, 3.05) is 0 Å². The molecule has 21 heavy (non-hydrogen) atoms. The van der Waals surface area contributed by atoms with Crippen molar-refractivity contribution < 1.29 is 30.0 Å². The van der Waals surface area contributed by atoms with E-state index in [1.807, 2.05) is 0 Å². The highest BCUT2D eigenvalue weighted by Crippen LogP contribution is 2.42. The fourth-order valence-corrected chi connectivity index (χ4v) is 2.33. The first kappa shape index (κ1) is 15.1. The van der Waals surface area contributed by atoms with Crippen molar-refractivity contribution >= 4 is 34.6 Å². The zero-order chi connectivity index (χ0) is 14.6. The van der Waals surface area contributed by atoms with E-state index in [-0.39, 0.29) is 45.3 Å². The smallest absolute Gasteiger partial charge is 0.202 e. The summed E-state index contributed by atoms with van der Waals surface area (Å²) in [4.78, 5) is 24.6. The molecule has 6 nitrogen and oxygen atoms in total. The van der Waals surface area contributed by atoms with Crippen LogP contribution in [-0.2, 0) is 0 Å². The summed E-state index contributed by atoms with van der Waals surface area (Å²) in [6.07, 6.45) is 0. The lowest BCUT2D eigenvalue weighted by atomic mass is 9.82. The molecule has 0 bridgehead atoms. The molecule has 0 amide bonds. The van der Waals surface area contributed by atoms with Gasteiger partial charge >= 0.3 is 0 Å². The van der Waals surface area contributed by atoms with Crippen LogP contribution in [0.15, 0.2) is 24.3 Å². The first-order valence-electron chi connectivity index (χ1n) is 5.62. The lowest BCUT2D eigenvalue weighted by Crippen LogP contribution is -2.21. The lowest BCUT2D eigenvalue weighted by Gasteiger charge is -2.20. The van der Waals surface area contributed by atoms with Crippen LogP contribution in [0.1, 0.15) is 31.8 Å². The molecular weight excluding hydrogens is 288 g/mol. The van der Waals surface area contributed by atoms with Crippen LogP contribution in [0, 0.1) is 0 Å². The SMILES string of the molecule is O=C1c2c(O)ccc(O)c2C(=O)c2c(O)ccc(O)c21.[Mg]. The number of hydrogen-bond donors (Lipinski definition) is 4. The predicted molar refractivity (Wildman–Crippen MR) is 72.2 cm³/mol. The van der Waals surface area contributed by atoms with Crippen LogP contribution < -0.4 is 0 Å². The van der Waals surface area contributed by atoms with Crippen LogP contribution in [0.25, 0.3) is 0 Å². The van der Waals surface area contributed by atoms with Crippen LogP contribution in [0.5, 0.6) is 23.0 Å². The zero-order valence-corrected chi connectivity index (χ0v) is 12.0. The van der Waals surface area contributed by atoms with E-state index in [1.165, 1.54) is 0 Å². The van der Waals surface area contributed by atoms with Gasteiger partial charge in [0.15, 0.2) is 0 Å². The molecule has 0 aromatic heterocycles. The van der Waals surface area contributed by atoms with Gasteiger partial charge in [0.2, 0.25) is 11.6 Å². The van der Waals surface area contributed by atoms with E-state index in [0.29, 0.717) is 0 Å². The second-order valence-electron chi connectivity index (χ2n) is 4.37. The Hall–Kier alpha value is -2.25. The summed E-state index contributed by atoms with van der Waals surface area (Å²) in [6, 6.07) is 4.29. The first-order chi connectivity index (χ1) is 9.43. The number of phenols is 4. The Morgan fingerprint density at radius 1 is 0.524 bits per heavy atom. The average Bonchev–Trinajstić information content (AvgIpc) is 2.41. The quantitative estimate of drug-likeness (QED) is 0.362. The van der Waals surface area contributed by atoms with Gasteiger partial charge in [-0.1, -0.05) is 0 Å². The van der Waals surface area contributed by atoms with E-state index in [1.54, 1.807) is 0 Å². The van der Waals surface area contributed by atoms with Crippen molar-refractivity contribution in [1.29, 1.82) is 0 Å². The molecule has 4 N–H and O–H groups in total. The Kier molecular flexibility index (Phi) is 3.56. The molecule has 0 saturated heterocycles. The molecule has 3 rings (SSSR count). The second-order valence-corrected chi connectivity index (χ2v) is 4.37. The molecule has 0 spiro atoms. The summed E-state index contributed by atoms with van der Waals surface area (Å²) in [5.41, 5.74) is -1.54. The number of carbonyl (C=O) groups excluding carboxylic acids is 2. The number of hydrogen-bond acceptors (Lipinski definition) is 6. The average molecular weight is 297 g/mol. The van der Waals surface area contributed by atoms with Gasteiger partial charge in [0.25, 0.3) is 0 Å². The van der Waals surface area contributed by atoms with Crippen molar-refractivity contribution in [2.45, 2.75) is 0 Å². The molecule has 0 unspecified atom stereocenters. The molecule has 1 aliphatic rings. The normalized spacial score (nSPS) is 12.4. The summed E-state index contributed by atoms with van der Waals surface area (Å²) in [6.45, 7) is 0. The number of phenolic OH excluding ortho intramolecular Hbond substituents is 4. The van der Waals surface area contributed by atoms with Gasteiger partial charge in [0, 0.05) is 23.1 Å². The highest BCUT2D eigenvalue weighted by molar-refractivity contribution is 6.31. The number of aromatic hydroxyl groups is 4. The minimum absolute atomic E-state index is 0. The minimum Gasteiger partial charge on any atom is -0.507 e. The molecule has 7 heteroatoms. The highest BCUT2D eigenvalue weighted by atomic mass is 24.3.